The van der Waals surface area contributed by atoms with Gasteiger partial charge in [0.25, 0.3) is 0 Å². The van der Waals surface area contributed by atoms with Gasteiger partial charge < -0.3 is 9.64 Å². The molecule has 1 heterocycles. The summed E-state index contributed by atoms with van der Waals surface area (Å²) in [4.78, 5) is 2.39. The van der Waals surface area contributed by atoms with E-state index in [0.29, 0.717) is 6.04 Å². The zero-order valence-corrected chi connectivity index (χ0v) is 15.0. The number of likely N-dealkylation sites (N-methyl/N-ethyl adjacent to an activating group) is 1. The molecule has 0 aliphatic carbocycles. The summed E-state index contributed by atoms with van der Waals surface area (Å²) in [7, 11) is 2.19. The Kier molecular flexibility index (Phi) is 5.37. The van der Waals surface area contributed by atoms with Crippen LogP contribution in [0.25, 0.3) is 11.1 Å². The molecule has 2 nitrogen and oxygen atoms in total. The molecule has 0 radical (unpaired) electrons. The molecule has 0 aromatic heterocycles. The Bertz CT molecular complexity index is 688. The number of ether oxygens (including phenoxy) is 1. The highest BCUT2D eigenvalue weighted by atomic mass is 16.5. The molecule has 2 aromatic rings. The molecule has 1 atom stereocenters. The first-order valence-electron chi connectivity index (χ1n) is 8.81. The number of hydrogen-bond acceptors (Lipinski definition) is 2. The van der Waals surface area contributed by atoms with Crippen LogP contribution in [0, 0.1) is 0 Å². The fourth-order valence-corrected chi connectivity index (χ4v) is 3.30. The number of rotatable bonds is 5. The van der Waals surface area contributed by atoms with Crippen molar-refractivity contribution in [3.63, 3.8) is 0 Å². The van der Waals surface area contributed by atoms with E-state index >= 15 is 0 Å². The van der Waals surface area contributed by atoms with Crippen molar-refractivity contribution in [2.75, 3.05) is 20.2 Å². The van der Waals surface area contributed by atoms with Gasteiger partial charge in [-0.1, -0.05) is 42.5 Å². The molecule has 0 N–H and O–H groups in total. The average molecular weight is 321 g/mol. The normalized spacial score (nSPS) is 19.2. The Balaban J connectivity index is 1.67. The van der Waals surface area contributed by atoms with Gasteiger partial charge in [-0.15, -0.1) is 0 Å². The quantitative estimate of drug-likeness (QED) is 0.710. The standard InChI is InChI=1S/C22H27NO/c1-17(19-8-5-4-6-9-19)18(2)20-11-13-22(14-12-20)24-16-21-10-7-15-23(21)3/h4-6,8-9,11-14,21H,7,10,15-16H2,1-3H3/b18-17-. The Morgan fingerprint density at radius 1 is 0.958 bits per heavy atom. The maximum Gasteiger partial charge on any atom is 0.119 e. The predicted octanol–water partition coefficient (Wildman–Crippen LogP) is 5.11. The lowest BCUT2D eigenvalue weighted by Crippen LogP contribution is -2.30. The Labute approximate surface area is 145 Å². The second-order valence-electron chi connectivity index (χ2n) is 6.73. The largest absolute Gasteiger partial charge is 0.492 e. The molecule has 3 rings (SSSR count). The fourth-order valence-electron chi connectivity index (χ4n) is 3.30. The molecule has 1 aliphatic rings. The number of hydrogen-bond donors (Lipinski definition) is 0. The van der Waals surface area contributed by atoms with Crippen molar-refractivity contribution in [3.05, 3.63) is 65.7 Å². The van der Waals surface area contributed by atoms with Gasteiger partial charge in [-0.3, -0.25) is 0 Å². The van der Waals surface area contributed by atoms with Crippen LogP contribution in [0.3, 0.4) is 0 Å². The van der Waals surface area contributed by atoms with E-state index in [4.69, 9.17) is 4.74 Å². The molecule has 1 unspecified atom stereocenters. The number of allylic oxidation sites excluding steroid dienone is 2. The fraction of sp³-hybridized carbons (Fsp3) is 0.364. The van der Waals surface area contributed by atoms with Gasteiger partial charge >= 0.3 is 0 Å². The third-order valence-corrected chi connectivity index (χ3v) is 5.17. The minimum Gasteiger partial charge on any atom is -0.492 e. The van der Waals surface area contributed by atoms with E-state index in [-0.39, 0.29) is 0 Å². The van der Waals surface area contributed by atoms with Crippen LogP contribution in [-0.2, 0) is 0 Å². The Hall–Kier alpha value is -2.06. The highest BCUT2D eigenvalue weighted by molar-refractivity contribution is 5.88. The van der Waals surface area contributed by atoms with Crippen molar-refractivity contribution in [1.82, 2.24) is 4.90 Å². The van der Waals surface area contributed by atoms with Crippen molar-refractivity contribution in [2.45, 2.75) is 32.7 Å². The van der Waals surface area contributed by atoms with Crippen molar-refractivity contribution in [1.29, 1.82) is 0 Å². The smallest absolute Gasteiger partial charge is 0.119 e. The van der Waals surface area contributed by atoms with E-state index in [2.05, 4.69) is 80.4 Å². The minimum absolute atomic E-state index is 0.562. The molecule has 0 spiro atoms. The van der Waals surface area contributed by atoms with Crippen molar-refractivity contribution in [3.8, 4) is 5.75 Å². The highest BCUT2D eigenvalue weighted by Crippen LogP contribution is 2.27. The zero-order chi connectivity index (χ0) is 16.9. The van der Waals surface area contributed by atoms with Gasteiger partial charge in [0, 0.05) is 6.04 Å². The van der Waals surface area contributed by atoms with Crippen LogP contribution >= 0.6 is 0 Å². The SMILES string of the molecule is C/C(=C(\C)c1ccc(OCC2CCCN2C)cc1)c1ccccc1. The molecular weight excluding hydrogens is 294 g/mol. The van der Waals surface area contributed by atoms with Crippen LogP contribution < -0.4 is 4.74 Å². The average Bonchev–Trinajstić information content (AvgIpc) is 3.05. The van der Waals surface area contributed by atoms with E-state index in [0.717, 1.165) is 12.4 Å². The summed E-state index contributed by atoms with van der Waals surface area (Å²) in [5, 5.41) is 0. The monoisotopic (exact) mass is 321 g/mol. The van der Waals surface area contributed by atoms with Gasteiger partial charge in [-0.2, -0.15) is 0 Å². The molecule has 0 saturated carbocycles. The molecule has 1 saturated heterocycles. The Morgan fingerprint density at radius 3 is 2.17 bits per heavy atom. The molecule has 2 aromatic carbocycles. The first-order chi connectivity index (χ1) is 11.6. The van der Waals surface area contributed by atoms with E-state index in [9.17, 15) is 0 Å². The van der Waals surface area contributed by atoms with Crippen LogP contribution in [0.5, 0.6) is 5.75 Å². The van der Waals surface area contributed by atoms with Crippen molar-refractivity contribution in [2.24, 2.45) is 0 Å². The van der Waals surface area contributed by atoms with Crippen LogP contribution in [0.4, 0.5) is 0 Å². The summed E-state index contributed by atoms with van der Waals surface area (Å²) in [6, 6.07) is 19.6. The van der Waals surface area contributed by atoms with Crippen LogP contribution in [-0.4, -0.2) is 31.1 Å². The van der Waals surface area contributed by atoms with Gasteiger partial charge in [0.1, 0.15) is 12.4 Å². The van der Waals surface area contributed by atoms with Crippen LogP contribution in [0.15, 0.2) is 54.6 Å². The van der Waals surface area contributed by atoms with Gasteiger partial charge in [0.2, 0.25) is 0 Å². The summed E-state index contributed by atoms with van der Waals surface area (Å²) in [6.45, 7) is 6.35. The van der Waals surface area contributed by atoms with E-state index < -0.39 is 0 Å². The zero-order valence-electron chi connectivity index (χ0n) is 15.0. The maximum absolute atomic E-state index is 5.98. The molecule has 0 amide bonds. The lowest BCUT2D eigenvalue weighted by atomic mass is 9.97. The summed E-state index contributed by atoms with van der Waals surface area (Å²) < 4.78 is 5.98. The van der Waals surface area contributed by atoms with Crippen molar-refractivity contribution >= 4 is 11.1 Å². The molecular formula is C22H27NO. The number of benzene rings is 2. The lowest BCUT2D eigenvalue weighted by molar-refractivity contribution is 0.198. The van der Waals surface area contributed by atoms with E-state index in [1.807, 2.05) is 0 Å². The molecule has 2 heteroatoms. The van der Waals surface area contributed by atoms with E-state index in [1.54, 1.807) is 0 Å². The molecule has 126 valence electrons. The first kappa shape index (κ1) is 16.8. The molecule has 1 aliphatic heterocycles. The van der Waals surface area contributed by atoms with Crippen LogP contribution in [0.1, 0.15) is 37.8 Å². The third-order valence-electron chi connectivity index (χ3n) is 5.17. The topological polar surface area (TPSA) is 12.5 Å². The summed E-state index contributed by atoms with van der Waals surface area (Å²) >= 11 is 0. The van der Waals surface area contributed by atoms with Gasteiger partial charge in [-0.05, 0) is 74.7 Å². The minimum atomic E-state index is 0.562. The van der Waals surface area contributed by atoms with Crippen LogP contribution in [0.2, 0.25) is 0 Å². The summed E-state index contributed by atoms with van der Waals surface area (Å²) in [5.41, 5.74) is 5.15. The summed E-state index contributed by atoms with van der Waals surface area (Å²) in [5.74, 6) is 0.962. The Morgan fingerprint density at radius 2 is 1.58 bits per heavy atom. The van der Waals surface area contributed by atoms with E-state index in [1.165, 1.54) is 41.7 Å². The predicted molar refractivity (Wildman–Crippen MR) is 102 cm³/mol. The van der Waals surface area contributed by atoms with Gasteiger partial charge in [-0.25, -0.2) is 0 Å². The number of nitrogens with zero attached hydrogens (tertiary/aromatic N) is 1. The van der Waals surface area contributed by atoms with Gasteiger partial charge in [0.15, 0.2) is 0 Å². The second-order valence-corrected chi connectivity index (χ2v) is 6.73. The first-order valence-corrected chi connectivity index (χ1v) is 8.81. The lowest BCUT2D eigenvalue weighted by Gasteiger charge is -2.19. The maximum atomic E-state index is 5.98. The second kappa shape index (κ2) is 7.67. The van der Waals surface area contributed by atoms with Crippen molar-refractivity contribution < 1.29 is 4.74 Å². The molecule has 0 bridgehead atoms. The molecule has 24 heavy (non-hydrogen) atoms. The third kappa shape index (κ3) is 3.88. The highest BCUT2D eigenvalue weighted by Gasteiger charge is 2.21. The summed E-state index contributed by atoms with van der Waals surface area (Å²) in [6.07, 6.45) is 2.53. The van der Waals surface area contributed by atoms with Gasteiger partial charge in [0.05, 0.1) is 0 Å². The molecule has 1 fully saturated rings. The number of likely N-dealkylation sites (tertiary alicyclic amines) is 1.